The van der Waals surface area contributed by atoms with Gasteiger partial charge < -0.3 is 9.32 Å². The quantitative estimate of drug-likeness (QED) is 0.511. The molecule has 3 aliphatic heterocycles. The molecule has 2 spiro atoms. The van der Waals surface area contributed by atoms with Crippen LogP contribution in [0.2, 0.25) is 0 Å². The topological polar surface area (TPSA) is 57.0 Å². The second kappa shape index (κ2) is 7.27. The number of furan rings is 1. The van der Waals surface area contributed by atoms with E-state index in [1.165, 1.54) is 11.8 Å². The number of fused-ring (bicyclic) bond motifs is 3. The molecule has 3 aliphatic rings. The van der Waals surface area contributed by atoms with Gasteiger partial charge in [-0.05, 0) is 36.7 Å². The standard InChI is InChI=1S/C24H21N3O3S3/c1-25-14-17(19-10-6-12-32-19)24(21(29)27(22(31)33-24)13-15-7-5-11-30-15)23(25)16-8-3-4-9-18(16)26(2)20(23)28/h3-12,17H,13-14H2,1-2H3/t17-,23-,24-/m0/s1. The molecule has 3 aromatic rings. The van der Waals surface area contributed by atoms with Crippen molar-refractivity contribution in [1.29, 1.82) is 0 Å². The average molecular weight is 496 g/mol. The van der Waals surface area contributed by atoms with Gasteiger partial charge in [0.05, 0.1) is 12.8 Å². The number of hydrogen-bond donors (Lipinski definition) is 0. The summed E-state index contributed by atoms with van der Waals surface area (Å²) in [7, 11) is 3.74. The predicted molar refractivity (Wildman–Crippen MR) is 133 cm³/mol. The molecule has 0 unspecified atom stereocenters. The molecule has 6 rings (SSSR count). The molecule has 9 heteroatoms. The monoisotopic (exact) mass is 495 g/mol. The highest BCUT2D eigenvalue weighted by Gasteiger charge is 2.78. The minimum atomic E-state index is -1.16. The Morgan fingerprint density at radius 1 is 1.09 bits per heavy atom. The molecule has 33 heavy (non-hydrogen) atoms. The van der Waals surface area contributed by atoms with Crippen molar-refractivity contribution in [3.63, 3.8) is 0 Å². The van der Waals surface area contributed by atoms with Crippen LogP contribution in [0.3, 0.4) is 0 Å². The molecule has 2 amide bonds. The molecule has 0 saturated carbocycles. The number of likely N-dealkylation sites (N-methyl/N-ethyl adjacent to an activating group) is 2. The minimum Gasteiger partial charge on any atom is -0.467 e. The van der Waals surface area contributed by atoms with Crippen LogP contribution >= 0.6 is 35.3 Å². The number of carbonyl (C=O) groups excluding carboxylic acids is 2. The van der Waals surface area contributed by atoms with Crippen LogP contribution in [0.15, 0.2) is 64.6 Å². The third-order valence-electron chi connectivity index (χ3n) is 7.14. The van der Waals surface area contributed by atoms with Crippen LogP contribution < -0.4 is 4.90 Å². The van der Waals surface area contributed by atoms with Crippen molar-refractivity contribution in [2.24, 2.45) is 0 Å². The first-order valence-corrected chi connectivity index (χ1v) is 12.7. The highest BCUT2D eigenvalue weighted by molar-refractivity contribution is 8.25. The van der Waals surface area contributed by atoms with E-state index in [0.717, 1.165) is 16.1 Å². The molecule has 2 saturated heterocycles. The lowest BCUT2D eigenvalue weighted by molar-refractivity contribution is -0.139. The summed E-state index contributed by atoms with van der Waals surface area (Å²) < 4.78 is 4.89. The number of rotatable bonds is 3. The number of hydrogen-bond acceptors (Lipinski definition) is 7. The van der Waals surface area contributed by atoms with Crippen LogP contribution in [0.4, 0.5) is 5.69 Å². The Bertz CT molecular complexity index is 1280. The van der Waals surface area contributed by atoms with Gasteiger partial charge in [-0.2, -0.15) is 0 Å². The molecule has 2 fully saturated rings. The van der Waals surface area contributed by atoms with Crippen LogP contribution in [0.25, 0.3) is 0 Å². The molecule has 0 N–H and O–H groups in total. The first kappa shape index (κ1) is 21.1. The summed E-state index contributed by atoms with van der Waals surface area (Å²) in [5, 5.41) is 2.02. The highest BCUT2D eigenvalue weighted by atomic mass is 32.2. The Labute approximate surface area is 205 Å². The van der Waals surface area contributed by atoms with E-state index >= 15 is 0 Å². The summed E-state index contributed by atoms with van der Waals surface area (Å²) in [6.45, 7) is 0.826. The molecular formula is C24H21N3O3S3. The van der Waals surface area contributed by atoms with E-state index in [1.807, 2.05) is 48.8 Å². The molecule has 0 aliphatic carbocycles. The van der Waals surface area contributed by atoms with Gasteiger partial charge in [-0.25, -0.2) is 0 Å². The first-order valence-electron chi connectivity index (χ1n) is 10.6. The number of thioether (sulfide) groups is 1. The minimum absolute atomic E-state index is 0.0891. The number of carbonyl (C=O) groups is 2. The van der Waals surface area contributed by atoms with Crippen molar-refractivity contribution >= 4 is 57.1 Å². The Balaban J connectivity index is 1.60. The lowest BCUT2D eigenvalue weighted by Crippen LogP contribution is -2.62. The van der Waals surface area contributed by atoms with E-state index in [9.17, 15) is 9.59 Å². The number of nitrogens with zero attached hydrogens (tertiary/aromatic N) is 3. The summed E-state index contributed by atoms with van der Waals surface area (Å²) in [5.74, 6) is 0.249. The van der Waals surface area contributed by atoms with Gasteiger partial charge in [0.15, 0.2) is 5.54 Å². The molecule has 168 valence electrons. The summed E-state index contributed by atoms with van der Waals surface area (Å²) in [6.07, 6.45) is 1.59. The van der Waals surface area contributed by atoms with E-state index in [0.29, 0.717) is 16.6 Å². The van der Waals surface area contributed by atoms with Crippen LogP contribution in [-0.4, -0.2) is 51.3 Å². The molecule has 5 heterocycles. The average Bonchev–Trinajstić information content (AvgIpc) is 3.62. The van der Waals surface area contributed by atoms with Crippen molar-refractivity contribution in [1.82, 2.24) is 9.80 Å². The van der Waals surface area contributed by atoms with E-state index in [4.69, 9.17) is 16.6 Å². The summed E-state index contributed by atoms with van der Waals surface area (Å²) in [6, 6.07) is 15.5. The van der Waals surface area contributed by atoms with Crippen molar-refractivity contribution in [2.45, 2.75) is 22.7 Å². The maximum Gasteiger partial charge on any atom is 0.254 e. The van der Waals surface area contributed by atoms with Gasteiger partial charge in [0.2, 0.25) is 5.91 Å². The number of thiophene rings is 1. The Morgan fingerprint density at radius 2 is 1.91 bits per heavy atom. The Hall–Kier alpha value is -2.46. The third kappa shape index (κ3) is 2.51. The van der Waals surface area contributed by atoms with Gasteiger partial charge in [0.1, 0.15) is 14.8 Å². The molecule has 0 radical (unpaired) electrons. The zero-order chi connectivity index (χ0) is 23.0. The fraction of sp³-hybridized carbons (Fsp3) is 0.292. The van der Waals surface area contributed by atoms with E-state index in [1.54, 1.807) is 40.5 Å². The van der Waals surface area contributed by atoms with Gasteiger partial charge in [-0.15, -0.1) is 11.3 Å². The molecule has 3 atom stereocenters. The molecule has 6 nitrogen and oxygen atoms in total. The Kier molecular flexibility index (Phi) is 4.65. The lowest BCUT2D eigenvalue weighted by atomic mass is 9.73. The largest absolute Gasteiger partial charge is 0.467 e. The summed E-state index contributed by atoms with van der Waals surface area (Å²) in [4.78, 5) is 35.2. The normalized spacial score (nSPS) is 29.3. The van der Waals surface area contributed by atoms with E-state index in [2.05, 4.69) is 11.0 Å². The number of para-hydroxylation sites is 1. The second-order valence-electron chi connectivity index (χ2n) is 8.61. The van der Waals surface area contributed by atoms with Crippen LogP contribution in [0.1, 0.15) is 22.1 Å². The second-order valence-corrected chi connectivity index (χ2v) is 11.5. The molecule has 1 aromatic carbocycles. The van der Waals surface area contributed by atoms with Crippen molar-refractivity contribution < 1.29 is 14.0 Å². The van der Waals surface area contributed by atoms with Crippen LogP contribution in [-0.2, 0) is 21.7 Å². The summed E-state index contributed by atoms with van der Waals surface area (Å²) in [5.41, 5.74) is 0.545. The third-order valence-corrected chi connectivity index (χ3v) is 10.1. The highest BCUT2D eigenvalue weighted by Crippen LogP contribution is 2.66. The maximum absolute atomic E-state index is 14.5. The number of amides is 2. The fourth-order valence-corrected chi connectivity index (χ4v) is 8.86. The predicted octanol–water partition coefficient (Wildman–Crippen LogP) is 4.04. The maximum atomic E-state index is 14.5. The molecule has 2 aromatic heterocycles. The number of likely N-dealkylation sites (tertiary alicyclic amines) is 1. The van der Waals surface area contributed by atoms with Crippen molar-refractivity contribution in [3.8, 4) is 0 Å². The summed E-state index contributed by atoms with van der Waals surface area (Å²) >= 11 is 8.79. The molecular weight excluding hydrogens is 474 g/mol. The van der Waals surface area contributed by atoms with Gasteiger partial charge >= 0.3 is 0 Å². The Morgan fingerprint density at radius 3 is 2.64 bits per heavy atom. The van der Waals surface area contributed by atoms with Gasteiger partial charge in [-0.3, -0.25) is 19.4 Å². The lowest BCUT2D eigenvalue weighted by Gasteiger charge is -2.42. The van der Waals surface area contributed by atoms with Crippen LogP contribution in [0, 0.1) is 0 Å². The van der Waals surface area contributed by atoms with E-state index in [-0.39, 0.29) is 24.3 Å². The van der Waals surface area contributed by atoms with Crippen molar-refractivity contribution in [3.05, 3.63) is 76.4 Å². The number of benzene rings is 1. The van der Waals surface area contributed by atoms with Gasteiger partial charge in [0, 0.05) is 35.6 Å². The number of thiocarbonyl (C=S) groups is 1. The van der Waals surface area contributed by atoms with Gasteiger partial charge in [-0.1, -0.05) is 48.2 Å². The van der Waals surface area contributed by atoms with E-state index < -0.39 is 10.3 Å². The van der Waals surface area contributed by atoms with Crippen LogP contribution in [0.5, 0.6) is 0 Å². The van der Waals surface area contributed by atoms with Crippen molar-refractivity contribution in [2.75, 3.05) is 25.5 Å². The number of anilines is 1. The first-order chi connectivity index (χ1) is 15.9. The molecule has 0 bridgehead atoms. The zero-order valence-electron chi connectivity index (χ0n) is 18.1. The van der Waals surface area contributed by atoms with Gasteiger partial charge in [0.25, 0.3) is 5.91 Å². The SMILES string of the molecule is CN1C(=O)[C@]2(c3ccccc31)N(C)C[C@@H](c1cccs1)[C@@]21SC(=S)N(Cc2ccco2)C1=O. The smallest absolute Gasteiger partial charge is 0.254 e. The fourth-order valence-electron chi connectivity index (χ4n) is 5.79. The zero-order valence-corrected chi connectivity index (χ0v) is 20.5.